The van der Waals surface area contributed by atoms with E-state index in [0.29, 0.717) is 18.7 Å². The Morgan fingerprint density at radius 3 is 2.48 bits per heavy atom. The maximum Gasteiger partial charge on any atom is 0.253 e. The Labute approximate surface area is 182 Å². The highest BCUT2D eigenvalue weighted by Gasteiger charge is 2.45. The number of para-hydroxylation sites is 1. The molecule has 0 aliphatic carbocycles. The molecule has 5 rings (SSSR count). The number of piperidine rings is 1. The molecule has 160 valence electrons. The maximum absolute atomic E-state index is 13.3. The smallest absolute Gasteiger partial charge is 0.253 e. The summed E-state index contributed by atoms with van der Waals surface area (Å²) < 4.78 is 14.0. The Kier molecular flexibility index (Phi) is 4.54. The molecule has 6 nitrogen and oxygen atoms in total. The lowest BCUT2D eigenvalue weighted by Gasteiger charge is -2.44. The van der Waals surface area contributed by atoms with Gasteiger partial charge in [0.05, 0.1) is 19.0 Å². The summed E-state index contributed by atoms with van der Waals surface area (Å²) in [6, 6.07) is 12.0. The van der Waals surface area contributed by atoms with Gasteiger partial charge in [-0.25, -0.2) is 0 Å². The standard InChI is InChI=1S/C25H27N3O3/c1-16-13-18(14-17(2)23(16)30-4)24(29)28-11-9-25(10-12-28)20-15-26-27(3)22(20)19-7-5-6-8-21(19)31-25/h5-8,13-15H,9-12H2,1-4H3. The number of carbonyl (C=O) groups excluding carboxylic acids is 1. The Morgan fingerprint density at radius 2 is 1.81 bits per heavy atom. The van der Waals surface area contributed by atoms with E-state index in [4.69, 9.17) is 9.47 Å². The van der Waals surface area contributed by atoms with Gasteiger partial charge in [0, 0.05) is 49.7 Å². The maximum atomic E-state index is 13.3. The molecule has 1 amide bonds. The van der Waals surface area contributed by atoms with Gasteiger partial charge in [-0.1, -0.05) is 12.1 Å². The molecule has 0 unspecified atom stereocenters. The van der Waals surface area contributed by atoms with Gasteiger partial charge in [-0.3, -0.25) is 9.48 Å². The number of aryl methyl sites for hydroxylation is 3. The number of hydrogen-bond donors (Lipinski definition) is 0. The third-order valence-corrected chi connectivity index (χ3v) is 6.65. The first-order valence-corrected chi connectivity index (χ1v) is 10.7. The molecule has 0 radical (unpaired) electrons. The van der Waals surface area contributed by atoms with E-state index in [1.165, 1.54) is 0 Å². The second-order valence-corrected chi connectivity index (χ2v) is 8.56. The van der Waals surface area contributed by atoms with Crippen molar-refractivity contribution in [2.24, 2.45) is 7.05 Å². The van der Waals surface area contributed by atoms with E-state index in [1.54, 1.807) is 7.11 Å². The van der Waals surface area contributed by atoms with Gasteiger partial charge < -0.3 is 14.4 Å². The fourth-order valence-corrected chi connectivity index (χ4v) is 5.13. The summed E-state index contributed by atoms with van der Waals surface area (Å²) >= 11 is 0. The highest BCUT2D eigenvalue weighted by atomic mass is 16.5. The van der Waals surface area contributed by atoms with E-state index in [2.05, 4.69) is 11.2 Å². The summed E-state index contributed by atoms with van der Waals surface area (Å²) in [5.74, 6) is 1.79. The van der Waals surface area contributed by atoms with Gasteiger partial charge in [-0.05, 0) is 49.2 Å². The van der Waals surface area contributed by atoms with E-state index in [-0.39, 0.29) is 5.91 Å². The molecule has 2 aromatic carbocycles. The van der Waals surface area contributed by atoms with Crippen molar-refractivity contribution in [1.29, 1.82) is 0 Å². The number of rotatable bonds is 2. The molecule has 2 aliphatic heterocycles. The number of ether oxygens (including phenoxy) is 2. The molecular formula is C25H27N3O3. The second kappa shape index (κ2) is 7.15. The zero-order chi connectivity index (χ0) is 21.8. The lowest BCUT2D eigenvalue weighted by atomic mass is 9.81. The molecule has 1 aromatic heterocycles. The van der Waals surface area contributed by atoms with Crippen LogP contribution in [0.4, 0.5) is 0 Å². The van der Waals surface area contributed by atoms with E-state index < -0.39 is 5.60 Å². The van der Waals surface area contributed by atoms with Crippen LogP contribution in [0.5, 0.6) is 11.5 Å². The predicted molar refractivity (Wildman–Crippen MR) is 119 cm³/mol. The van der Waals surface area contributed by atoms with Crippen LogP contribution in [-0.2, 0) is 12.6 Å². The fraction of sp³-hybridized carbons (Fsp3) is 0.360. The normalized spacial score (nSPS) is 16.5. The monoisotopic (exact) mass is 417 g/mol. The first-order chi connectivity index (χ1) is 14.9. The van der Waals surface area contributed by atoms with E-state index >= 15 is 0 Å². The van der Waals surface area contributed by atoms with E-state index in [9.17, 15) is 4.79 Å². The molecular weight excluding hydrogens is 390 g/mol. The first-order valence-electron chi connectivity index (χ1n) is 10.7. The average molecular weight is 418 g/mol. The zero-order valence-electron chi connectivity index (χ0n) is 18.4. The van der Waals surface area contributed by atoms with Crippen LogP contribution in [0.1, 0.15) is 39.9 Å². The van der Waals surface area contributed by atoms with Gasteiger partial charge in [-0.15, -0.1) is 0 Å². The van der Waals surface area contributed by atoms with Gasteiger partial charge in [0.25, 0.3) is 5.91 Å². The van der Waals surface area contributed by atoms with Crippen LogP contribution >= 0.6 is 0 Å². The topological polar surface area (TPSA) is 56.6 Å². The number of methoxy groups -OCH3 is 1. The first kappa shape index (κ1) is 19.7. The predicted octanol–water partition coefficient (Wildman–Crippen LogP) is 4.24. The molecule has 31 heavy (non-hydrogen) atoms. The van der Waals surface area contributed by atoms with Crippen LogP contribution < -0.4 is 9.47 Å². The third-order valence-electron chi connectivity index (χ3n) is 6.65. The average Bonchev–Trinajstić information content (AvgIpc) is 3.16. The van der Waals surface area contributed by atoms with Crippen molar-refractivity contribution in [3.05, 3.63) is 64.8 Å². The summed E-state index contributed by atoms with van der Waals surface area (Å²) in [5, 5.41) is 4.53. The quantitative estimate of drug-likeness (QED) is 0.626. The number of hydrogen-bond acceptors (Lipinski definition) is 4. The van der Waals surface area contributed by atoms with Gasteiger partial charge in [0.2, 0.25) is 0 Å². The number of aromatic nitrogens is 2. The molecule has 0 atom stereocenters. The lowest BCUT2D eigenvalue weighted by Crippen LogP contribution is -2.49. The van der Waals surface area contributed by atoms with Crippen molar-refractivity contribution in [2.45, 2.75) is 32.3 Å². The van der Waals surface area contributed by atoms with Crippen molar-refractivity contribution < 1.29 is 14.3 Å². The Hall–Kier alpha value is -3.28. The van der Waals surface area contributed by atoms with Crippen molar-refractivity contribution in [3.63, 3.8) is 0 Å². The van der Waals surface area contributed by atoms with Crippen LogP contribution in [0.15, 0.2) is 42.6 Å². The van der Waals surface area contributed by atoms with Crippen LogP contribution in [0.25, 0.3) is 11.3 Å². The summed E-state index contributed by atoms with van der Waals surface area (Å²) in [6.45, 7) is 5.23. The SMILES string of the molecule is COc1c(C)cc(C(=O)N2CCC3(CC2)Oc2ccccc2-c2c3cnn2C)cc1C. The minimum Gasteiger partial charge on any atom is -0.496 e. The molecule has 1 spiro atoms. The van der Waals surface area contributed by atoms with Gasteiger partial charge in [0.15, 0.2) is 0 Å². The van der Waals surface area contributed by atoms with Crippen LogP contribution in [0.2, 0.25) is 0 Å². The largest absolute Gasteiger partial charge is 0.496 e. The Balaban J connectivity index is 1.41. The molecule has 0 saturated carbocycles. The Morgan fingerprint density at radius 1 is 1.13 bits per heavy atom. The minimum absolute atomic E-state index is 0.0614. The van der Waals surface area contributed by atoms with Gasteiger partial charge in [0.1, 0.15) is 17.1 Å². The lowest BCUT2D eigenvalue weighted by molar-refractivity contribution is -0.00173. The van der Waals surface area contributed by atoms with Crippen molar-refractivity contribution in [2.75, 3.05) is 20.2 Å². The van der Waals surface area contributed by atoms with Crippen molar-refractivity contribution >= 4 is 5.91 Å². The molecule has 3 aromatic rings. The molecule has 2 aliphatic rings. The fourth-order valence-electron chi connectivity index (χ4n) is 5.13. The van der Waals surface area contributed by atoms with Crippen molar-refractivity contribution in [3.8, 4) is 22.8 Å². The number of nitrogens with zero attached hydrogens (tertiary/aromatic N) is 3. The zero-order valence-corrected chi connectivity index (χ0v) is 18.4. The molecule has 6 heteroatoms. The number of likely N-dealkylation sites (tertiary alicyclic amines) is 1. The molecule has 1 saturated heterocycles. The van der Waals surface area contributed by atoms with Gasteiger partial charge >= 0.3 is 0 Å². The summed E-state index contributed by atoms with van der Waals surface area (Å²) in [5.41, 5.74) is 5.54. The summed E-state index contributed by atoms with van der Waals surface area (Å²) in [7, 11) is 3.64. The molecule has 1 fully saturated rings. The molecule has 0 bridgehead atoms. The Bertz CT molecular complexity index is 1150. The highest BCUT2D eigenvalue weighted by Crippen LogP contribution is 2.49. The minimum atomic E-state index is -0.444. The van der Waals surface area contributed by atoms with Crippen LogP contribution in [0, 0.1) is 13.8 Å². The van der Waals surface area contributed by atoms with Crippen molar-refractivity contribution in [1.82, 2.24) is 14.7 Å². The third kappa shape index (κ3) is 3.00. The van der Waals surface area contributed by atoms with E-state index in [1.807, 2.05) is 67.0 Å². The number of carbonyl (C=O) groups is 1. The summed E-state index contributed by atoms with van der Waals surface area (Å²) in [4.78, 5) is 15.2. The van der Waals surface area contributed by atoms with Crippen LogP contribution in [-0.4, -0.2) is 40.8 Å². The highest BCUT2D eigenvalue weighted by molar-refractivity contribution is 5.95. The van der Waals surface area contributed by atoms with Crippen LogP contribution in [0.3, 0.4) is 0 Å². The second-order valence-electron chi connectivity index (χ2n) is 8.56. The van der Waals surface area contributed by atoms with E-state index in [0.717, 1.165) is 52.3 Å². The molecule has 3 heterocycles. The summed E-state index contributed by atoms with van der Waals surface area (Å²) in [6.07, 6.45) is 3.40. The molecule has 0 N–H and O–H groups in total. The number of amides is 1. The van der Waals surface area contributed by atoms with Gasteiger partial charge in [-0.2, -0.15) is 5.10 Å². The number of fused-ring (bicyclic) bond motifs is 4. The number of benzene rings is 2.